The van der Waals surface area contributed by atoms with Crippen molar-refractivity contribution in [2.45, 2.75) is 19.8 Å². The molecule has 0 atom stereocenters. The van der Waals surface area contributed by atoms with Gasteiger partial charge in [-0.25, -0.2) is 4.79 Å². The number of carbonyl (C=O) groups excluding carboxylic acids is 1. The molecule has 58 valence electrons. The van der Waals surface area contributed by atoms with E-state index in [1.807, 2.05) is 6.92 Å². The van der Waals surface area contributed by atoms with Gasteiger partial charge in [-0.1, -0.05) is 18.5 Å². The van der Waals surface area contributed by atoms with Crippen LogP contribution < -0.4 is 0 Å². The van der Waals surface area contributed by atoms with Gasteiger partial charge in [0.05, 0.1) is 7.11 Å². The van der Waals surface area contributed by atoms with Crippen molar-refractivity contribution >= 4 is 11.7 Å². The van der Waals surface area contributed by atoms with Crippen molar-refractivity contribution < 1.29 is 14.7 Å². The highest BCUT2D eigenvalue weighted by molar-refractivity contribution is 6.36. The van der Waals surface area contributed by atoms with Crippen LogP contribution in [0.15, 0.2) is 5.16 Å². The maximum atomic E-state index is 10.6. The smallest absolute Gasteiger partial charge is 0.355 e. The third-order valence-electron chi connectivity index (χ3n) is 1.03. The average molecular weight is 145 g/mol. The monoisotopic (exact) mass is 145 g/mol. The van der Waals surface area contributed by atoms with E-state index in [1.54, 1.807) is 0 Å². The molecule has 10 heavy (non-hydrogen) atoms. The first-order chi connectivity index (χ1) is 4.76. The molecule has 0 aromatic carbocycles. The number of nitrogens with zero attached hydrogens (tertiary/aromatic N) is 1. The van der Waals surface area contributed by atoms with Gasteiger partial charge in [0.25, 0.3) is 0 Å². The molecule has 4 heteroatoms. The van der Waals surface area contributed by atoms with E-state index in [-0.39, 0.29) is 5.71 Å². The lowest BCUT2D eigenvalue weighted by molar-refractivity contribution is -0.133. The lowest BCUT2D eigenvalue weighted by Crippen LogP contribution is -2.15. The Morgan fingerprint density at radius 2 is 2.30 bits per heavy atom. The van der Waals surface area contributed by atoms with Gasteiger partial charge in [-0.15, -0.1) is 0 Å². The molecule has 4 nitrogen and oxygen atoms in total. The fourth-order valence-electron chi connectivity index (χ4n) is 0.548. The Hall–Kier alpha value is -1.06. The summed E-state index contributed by atoms with van der Waals surface area (Å²) in [5.41, 5.74) is 0.0741. The second-order valence-electron chi connectivity index (χ2n) is 1.79. The van der Waals surface area contributed by atoms with Gasteiger partial charge in [-0.3, -0.25) is 0 Å². The molecule has 0 aliphatic carbocycles. The number of methoxy groups -OCH3 is 1. The van der Waals surface area contributed by atoms with E-state index in [4.69, 9.17) is 5.21 Å². The highest BCUT2D eigenvalue weighted by atomic mass is 16.5. The number of rotatable bonds is 3. The molecule has 0 bridgehead atoms. The van der Waals surface area contributed by atoms with Crippen LogP contribution in [-0.4, -0.2) is 24.0 Å². The molecular formula is C6H11NO3. The Bertz CT molecular complexity index is 142. The predicted octanol–water partition coefficient (Wildman–Crippen LogP) is 0.790. The number of ether oxygens (including phenoxy) is 1. The summed E-state index contributed by atoms with van der Waals surface area (Å²) in [5.74, 6) is -0.565. The van der Waals surface area contributed by atoms with Gasteiger partial charge >= 0.3 is 5.97 Å². The topological polar surface area (TPSA) is 58.9 Å². The van der Waals surface area contributed by atoms with E-state index in [1.165, 1.54) is 7.11 Å². The Morgan fingerprint density at radius 3 is 2.60 bits per heavy atom. The van der Waals surface area contributed by atoms with E-state index >= 15 is 0 Å². The Kier molecular flexibility index (Phi) is 4.28. The van der Waals surface area contributed by atoms with Crippen LogP contribution >= 0.6 is 0 Å². The fraction of sp³-hybridized carbons (Fsp3) is 0.667. The second-order valence-corrected chi connectivity index (χ2v) is 1.79. The van der Waals surface area contributed by atoms with Crippen molar-refractivity contribution in [1.29, 1.82) is 0 Å². The van der Waals surface area contributed by atoms with E-state index in [0.29, 0.717) is 6.42 Å². The highest BCUT2D eigenvalue weighted by Crippen LogP contribution is 1.93. The van der Waals surface area contributed by atoms with Gasteiger partial charge in [0, 0.05) is 6.42 Å². The molecule has 0 aliphatic rings. The maximum Gasteiger partial charge on any atom is 0.355 e. The zero-order chi connectivity index (χ0) is 7.98. The summed E-state index contributed by atoms with van der Waals surface area (Å²) in [4.78, 5) is 10.6. The number of esters is 1. The first kappa shape index (κ1) is 8.94. The second kappa shape index (κ2) is 4.78. The summed E-state index contributed by atoms with van der Waals surface area (Å²) in [6, 6.07) is 0. The van der Waals surface area contributed by atoms with Gasteiger partial charge in [0.2, 0.25) is 0 Å². The van der Waals surface area contributed by atoms with Crippen LogP contribution in [0, 0.1) is 0 Å². The minimum absolute atomic E-state index is 0.0741. The third kappa shape index (κ3) is 2.48. The SMILES string of the molecule is CCCC(=NO)C(=O)OC. The van der Waals surface area contributed by atoms with Crippen LogP contribution in [0.2, 0.25) is 0 Å². The van der Waals surface area contributed by atoms with Crippen LogP contribution in [0.4, 0.5) is 0 Å². The molecule has 0 unspecified atom stereocenters. The summed E-state index contributed by atoms with van der Waals surface area (Å²) >= 11 is 0. The molecule has 0 saturated heterocycles. The Balaban J connectivity index is 3.95. The van der Waals surface area contributed by atoms with Gasteiger partial charge < -0.3 is 9.94 Å². The minimum atomic E-state index is -0.565. The summed E-state index contributed by atoms with van der Waals surface area (Å²) in [6.07, 6.45) is 1.21. The van der Waals surface area contributed by atoms with E-state index in [0.717, 1.165) is 6.42 Å². The third-order valence-corrected chi connectivity index (χ3v) is 1.03. The molecular weight excluding hydrogens is 134 g/mol. The molecule has 0 rings (SSSR count). The molecule has 0 radical (unpaired) electrons. The zero-order valence-electron chi connectivity index (χ0n) is 6.13. The lowest BCUT2D eigenvalue weighted by Gasteiger charge is -1.97. The van der Waals surface area contributed by atoms with Gasteiger partial charge in [0.1, 0.15) is 0 Å². The summed E-state index contributed by atoms with van der Waals surface area (Å²) < 4.78 is 4.33. The number of hydrogen-bond acceptors (Lipinski definition) is 4. The minimum Gasteiger partial charge on any atom is -0.464 e. The van der Waals surface area contributed by atoms with Gasteiger partial charge in [-0.2, -0.15) is 0 Å². The molecule has 0 amide bonds. The highest BCUT2D eigenvalue weighted by Gasteiger charge is 2.09. The van der Waals surface area contributed by atoms with Crippen molar-refractivity contribution in [3.8, 4) is 0 Å². The van der Waals surface area contributed by atoms with Crippen LogP contribution in [0.1, 0.15) is 19.8 Å². The van der Waals surface area contributed by atoms with Crippen LogP contribution in [0.5, 0.6) is 0 Å². The standard InChI is InChI=1S/C6H11NO3/c1-3-4-5(7-9)6(8)10-2/h9H,3-4H2,1-2H3. The molecule has 1 N–H and O–H groups in total. The van der Waals surface area contributed by atoms with Crippen LogP contribution in [-0.2, 0) is 9.53 Å². The Labute approximate surface area is 59.5 Å². The molecule has 0 aliphatic heterocycles. The largest absolute Gasteiger partial charge is 0.464 e. The normalized spacial score (nSPS) is 11.2. The van der Waals surface area contributed by atoms with Gasteiger partial charge in [-0.05, 0) is 0 Å². The lowest BCUT2D eigenvalue weighted by atomic mass is 10.2. The van der Waals surface area contributed by atoms with Gasteiger partial charge in [0.15, 0.2) is 5.71 Å². The maximum absolute atomic E-state index is 10.6. The number of hydrogen-bond donors (Lipinski definition) is 1. The van der Waals surface area contributed by atoms with Crippen molar-refractivity contribution in [3.05, 3.63) is 0 Å². The van der Waals surface area contributed by atoms with Crippen LogP contribution in [0.25, 0.3) is 0 Å². The molecule has 0 aromatic rings. The fourth-order valence-corrected chi connectivity index (χ4v) is 0.548. The first-order valence-electron chi connectivity index (χ1n) is 3.05. The molecule has 0 fully saturated rings. The summed E-state index contributed by atoms with van der Waals surface area (Å²) in [5, 5.41) is 11.0. The number of oxime groups is 1. The quantitative estimate of drug-likeness (QED) is 0.276. The van der Waals surface area contributed by atoms with E-state index in [2.05, 4.69) is 9.89 Å². The predicted molar refractivity (Wildman–Crippen MR) is 36.1 cm³/mol. The number of carbonyl (C=O) groups is 1. The van der Waals surface area contributed by atoms with Crippen molar-refractivity contribution in [2.24, 2.45) is 5.16 Å². The van der Waals surface area contributed by atoms with Crippen molar-refractivity contribution in [1.82, 2.24) is 0 Å². The first-order valence-corrected chi connectivity index (χ1v) is 3.05. The molecule has 0 aromatic heterocycles. The van der Waals surface area contributed by atoms with E-state index in [9.17, 15) is 4.79 Å². The summed E-state index contributed by atoms with van der Waals surface area (Å²) in [6.45, 7) is 1.88. The van der Waals surface area contributed by atoms with E-state index < -0.39 is 5.97 Å². The Morgan fingerprint density at radius 1 is 1.70 bits per heavy atom. The molecule has 0 spiro atoms. The average Bonchev–Trinajstić information content (AvgIpc) is 1.99. The molecule has 0 heterocycles. The van der Waals surface area contributed by atoms with Crippen LogP contribution in [0.3, 0.4) is 0 Å². The van der Waals surface area contributed by atoms with Crippen molar-refractivity contribution in [2.75, 3.05) is 7.11 Å². The van der Waals surface area contributed by atoms with Crippen molar-refractivity contribution in [3.63, 3.8) is 0 Å². The zero-order valence-corrected chi connectivity index (χ0v) is 6.13. The summed E-state index contributed by atoms with van der Waals surface area (Å²) in [7, 11) is 1.25. The molecule has 0 saturated carbocycles.